The van der Waals surface area contributed by atoms with Gasteiger partial charge in [0.25, 0.3) is 0 Å². The molecule has 0 aromatic heterocycles. The van der Waals surface area contributed by atoms with Crippen molar-refractivity contribution in [3.8, 4) is 0 Å². The lowest BCUT2D eigenvalue weighted by molar-refractivity contribution is -0.0791. The molecule has 1 heterocycles. The van der Waals surface area contributed by atoms with E-state index in [4.69, 9.17) is 19.9 Å². The highest BCUT2D eigenvalue weighted by Gasteiger charge is 2.24. The largest absolute Gasteiger partial charge is 0.379 e. The van der Waals surface area contributed by atoms with Crippen LogP contribution in [-0.4, -0.2) is 44.7 Å². The van der Waals surface area contributed by atoms with E-state index in [1.807, 2.05) is 13.8 Å². The smallest absolute Gasteiger partial charge is 0.0959 e. The average molecular weight is 217 g/mol. The molecule has 2 atom stereocenters. The zero-order chi connectivity index (χ0) is 11.3. The molecule has 4 heteroatoms. The zero-order valence-electron chi connectivity index (χ0n) is 9.99. The molecular formula is C11H23NO3. The van der Waals surface area contributed by atoms with Crippen molar-refractivity contribution in [1.82, 2.24) is 0 Å². The second-order valence-corrected chi connectivity index (χ2v) is 4.65. The van der Waals surface area contributed by atoms with Crippen molar-refractivity contribution in [2.45, 2.75) is 44.4 Å². The summed E-state index contributed by atoms with van der Waals surface area (Å²) in [6, 6.07) is 0.115. The van der Waals surface area contributed by atoms with Crippen LogP contribution in [0.2, 0.25) is 0 Å². The Bertz CT molecular complexity index is 185. The predicted molar refractivity (Wildman–Crippen MR) is 58.9 cm³/mol. The molecule has 0 aliphatic carbocycles. The van der Waals surface area contributed by atoms with Crippen LogP contribution in [-0.2, 0) is 14.2 Å². The summed E-state index contributed by atoms with van der Waals surface area (Å²) in [5, 5.41) is 0. The Morgan fingerprint density at radius 2 is 2.20 bits per heavy atom. The Kier molecular flexibility index (Phi) is 4.99. The number of hydrogen-bond acceptors (Lipinski definition) is 4. The van der Waals surface area contributed by atoms with Crippen LogP contribution in [0.1, 0.15) is 26.7 Å². The lowest BCUT2D eigenvalue weighted by Gasteiger charge is -2.30. The Hall–Kier alpha value is -0.160. The van der Waals surface area contributed by atoms with Crippen molar-refractivity contribution >= 4 is 0 Å². The lowest BCUT2D eigenvalue weighted by Crippen LogP contribution is -2.45. The van der Waals surface area contributed by atoms with Gasteiger partial charge >= 0.3 is 0 Å². The molecule has 1 aliphatic heterocycles. The van der Waals surface area contributed by atoms with Crippen molar-refractivity contribution in [1.29, 1.82) is 0 Å². The Balaban J connectivity index is 2.19. The van der Waals surface area contributed by atoms with Gasteiger partial charge in [-0.15, -0.1) is 0 Å². The van der Waals surface area contributed by atoms with E-state index >= 15 is 0 Å². The Morgan fingerprint density at radius 3 is 2.80 bits per heavy atom. The Labute approximate surface area is 92.1 Å². The topological polar surface area (TPSA) is 53.7 Å². The van der Waals surface area contributed by atoms with Crippen LogP contribution in [0.4, 0.5) is 0 Å². The molecule has 0 bridgehead atoms. The molecule has 0 amide bonds. The van der Waals surface area contributed by atoms with Crippen LogP contribution in [0, 0.1) is 0 Å². The molecule has 1 aliphatic rings. The molecule has 15 heavy (non-hydrogen) atoms. The van der Waals surface area contributed by atoms with Crippen molar-refractivity contribution in [3.63, 3.8) is 0 Å². The van der Waals surface area contributed by atoms with E-state index in [0.717, 1.165) is 19.4 Å². The molecule has 0 aromatic carbocycles. The molecule has 4 nitrogen and oxygen atoms in total. The molecule has 0 saturated carbocycles. The lowest BCUT2D eigenvalue weighted by atomic mass is 10.1. The first-order valence-corrected chi connectivity index (χ1v) is 5.55. The summed E-state index contributed by atoms with van der Waals surface area (Å²) in [6.45, 7) is 6.14. The fraction of sp³-hybridized carbons (Fsp3) is 1.00. The fourth-order valence-corrected chi connectivity index (χ4v) is 1.46. The maximum atomic E-state index is 5.93. The van der Waals surface area contributed by atoms with Gasteiger partial charge in [-0.2, -0.15) is 0 Å². The normalized spacial score (nSPS) is 28.0. The maximum absolute atomic E-state index is 5.93. The van der Waals surface area contributed by atoms with E-state index in [1.54, 1.807) is 7.11 Å². The molecular weight excluding hydrogens is 194 g/mol. The number of methoxy groups -OCH3 is 1. The number of ether oxygens (including phenoxy) is 3. The average Bonchev–Trinajstić information content (AvgIpc) is 2.21. The van der Waals surface area contributed by atoms with E-state index in [0.29, 0.717) is 13.2 Å². The monoisotopic (exact) mass is 217 g/mol. The fourth-order valence-electron chi connectivity index (χ4n) is 1.46. The minimum absolute atomic E-state index is 0.0476. The van der Waals surface area contributed by atoms with E-state index in [2.05, 4.69) is 0 Å². The van der Waals surface area contributed by atoms with Gasteiger partial charge in [0.05, 0.1) is 18.3 Å². The second-order valence-electron chi connectivity index (χ2n) is 4.65. The highest BCUT2D eigenvalue weighted by molar-refractivity contribution is 4.77. The molecule has 1 saturated heterocycles. The first-order valence-electron chi connectivity index (χ1n) is 5.55. The summed E-state index contributed by atoms with van der Waals surface area (Å²) in [5.41, 5.74) is 5.80. The van der Waals surface area contributed by atoms with Gasteiger partial charge < -0.3 is 19.9 Å². The van der Waals surface area contributed by atoms with Crippen LogP contribution in [0.15, 0.2) is 0 Å². The summed E-state index contributed by atoms with van der Waals surface area (Å²) in [6.07, 6.45) is 1.80. The van der Waals surface area contributed by atoms with E-state index in [-0.39, 0.29) is 17.7 Å². The molecule has 2 unspecified atom stereocenters. The first-order chi connectivity index (χ1) is 7.05. The van der Waals surface area contributed by atoms with Gasteiger partial charge in [0, 0.05) is 26.4 Å². The summed E-state index contributed by atoms with van der Waals surface area (Å²) < 4.78 is 16.3. The van der Waals surface area contributed by atoms with Gasteiger partial charge in [0.2, 0.25) is 0 Å². The van der Waals surface area contributed by atoms with Crippen LogP contribution in [0.3, 0.4) is 0 Å². The minimum Gasteiger partial charge on any atom is -0.379 e. The van der Waals surface area contributed by atoms with Crippen molar-refractivity contribution in [2.24, 2.45) is 5.73 Å². The van der Waals surface area contributed by atoms with E-state index in [1.165, 1.54) is 0 Å². The maximum Gasteiger partial charge on any atom is 0.0959 e. The molecule has 1 fully saturated rings. The summed E-state index contributed by atoms with van der Waals surface area (Å²) in [5.74, 6) is 0. The third kappa shape index (κ3) is 4.47. The molecule has 0 aromatic rings. The SMILES string of the molecule is COC(C)(C)CCOC1COCCC1N. The first kappa shape index (κ1) is 12.9. The van der Waals surface area contributed by atoms with Gasteiger partial charge in [-0.3, -0.25) is 0 Å². The van der Waals surface area contributed by atoms with Gasteiger partial charge in [0.15, 0.2) is 0 Å². The molecule has 0 spiro atoms. The number of hydrogen-bond donors (Lipinski definition) is 1. The summed E-state index contributed by atoms with van der Waals surface area (Å²) >= 11 is 0. The van der Waals surface area contributed by atoms with Crippen LogP contribution in [0.25, 0.3) is 0 Å². The van der Waals surface area contributed by atoms with Crippen molar-refractivity contribution < 1.29 is 14.2 Å². The van der Waals surface area contributed by atoms with E-state index in [9.17, 15) is 0 Å². The summed E-state index contributed by atoms with van der Waals surface area (Å²) in [7, 11) is 1.72. The van der Waals surface area contributed by atoms with Crippen LogP contribution >= 0.6 is 0 Å². The highest BCUT2D eigenvalue weighted by atomic mass is 16.5. The number of nitrogens with two attached hydrogens (primary N) is 1. The standard InChI is InChI=1S/C11H23NO3/c1-11(2,13-3)5-7-15-10-8-14-6-4-9(10)12/h9-10H,4-8,12H2,1-3H3. The summed E-state index contributed by atoms with van der Waals surface area (Å²) in [4.78, 5) is 0. The third-order valence-corrected chi connectivity index (χ3v) is 2.94. The quantitative estimate of drug-likeness (QED) is 0.744. The molecule has 1 rings (SSSR count). The van der Waals surface area contributed by atoms with Gasteiger partial charge in [-0.25, -0.2) is 0 Å². The highest BCUT2D eigenvalue weighted by Crippen LogP contribution is 2.15. The third-order valence-electron chi connectivity index (χ3n) is 2.94. The minimum atomic E-state index is -0.125. The number of rotatable bonds is 5. The molecule has 2 N–H and O–H groups in total. The predicted octanol–water partition coefficient (Wildman–Crippen LogP) is 0.934. The van der Waals surface area contributed by atoms with Crippen LogP contribution < -0.4 is 5.73 Å². The second kappa shape index (κ2) is 5.80. The van der Waals surface area contributed by atoms with Gasteiger partial charge in [0.1, 0.15) is 0 Å². The van der Waals surface area contributed by atoms with E-state index < -0.39 is 0 Å². The molecule has 90 valence electrons. The van der Waals surface area contributed by atoms with Gasteiger partial charge in [-0.1, -0.05) is 0 Å². The van der Waals surface area contributed by atoms with Crippen molar-refractivity contribution in [3.05, 3.63) is 0 Å². The van der Waals surface area contributed by atoms with Gasteiger partial charge in [-0.05, 0) is 26.7 Å². The van der Waals surface area contributed by atoms with Crippen LogP contribution in [0.5, 0.6) is 0 Å². The molecule has 0 radical (unpaired) electrons. The van der Waals surface area contributed by atoms with Crippen molar-refractivity contribution in [2.75, 3.05) is 26.9 Å². The Morgan fingerprint density at radius 1 is 1.47 bits per heavy atom. The zero-order valence-corrected chi connectivity index (χ0v) is 9.99.